The van der Waals surface area contributed by atoms with Gasteiger partial charge in [-0.1, -0.05) is 32.1 Å². The lowest BCUT2D eigenvalue weighted by Crippen LogP contribution is -2.22. The van der Waals surface area contributed by atoms with Crippen molar-refractivity contribution >= 4 is 17.0 Å². The number of hydrogen-bond donors (Lipinski definition) is 0. The zero-order valence-corrected chi connectivity index (χ0v) is 17.2. The van der Waals surface area contributed by atoms with Crippen molar-refractivity contribution in [1.29, 1.82) is 0 Å². The maximum Gasteiger partial charge on any atom is 0.190 e. The SMILES string of the molecule is COc1ccc(-c2csc(=Nc3cccnc3)n2C2CCCCCCC2)cc1. The van der Waals surface area contributed by atoms with Gasteiger partial charge in [-0.15, -0.1) is 11.3 Å². The van der Waals surface area contributed by atoms with Gasteiger partial charge in [-0.05, 0) is 54.8 Å². The Morgan fingerprint density at radius 1 is 1.04 bits per heavy atom. The van der Waals surface area contributed by atoms with Gasteiger partial charge in [0.05, 0.1) is 24.7 Å². The summed E-state index contributed by atoms with van der Waals surface area (Å²) in [4.78, 5) is 10.2. The fourth-order valence-corrected chi connectivity index (χ4v) is 4.94. The van der Waals surface area contributed by atoms with Gasteiger partial charge < -0.3 is 9.30 Å². The Kier molecular flexibility index (Phi) is 6.22. The summed E-state index contributed by atoms with van der Waals surface area (Å²) in [6, 6.07) is 12.8. The van der Waals surface area contributed by atoms with Gasteiger partial charge in [0.15, 0.2) is 4.80 Å². The lowest BCUT2D eigenvalue weighted by atomic mass is 9.96. The van der Waals surface area contributed by atoms with E-state index in [4.69, 9.17) is 9.73 Å². The first-order valence-electron chi connectivity index (χ1n) is 10.1. The molecule has 1 fully saturated rings. The number of thiazole rings is 1. The van der Waals surface area contributed by atoms with Crippen LogP contribution in [0.3, 0.4) is 0 Å². The zero-order valence-electron chi connectivity index (χ0n) is 16.4. The normalized spacial score (nSPS) is 16.5. The van der Waals surface area contributed by atoms with E-state index in [1.54, 1.807) is 24.6 Å². The first-order chi connectivity index (χ1) is 13.8. The van der Waals surface area contributed by atoms with Crippen LogP contribution in [0.15, 0.2) is 59.2 Å². The average Bonchev–Trinajstić information content (AvgIpc) is 3.12. The number of rotatable bonds is 4. The molecule has 28 heavy (non-hydrogen) atoms. The second-order valence-electron chi connectivity index (χ2n) is 7.32. The summed E-state index contributed by atoms with van der Waals surface area (Å²) >= 11 is 1.72. The summed E-state index contributed by atoms with van der Waals surface area (Å²) in [5, 5.41) is 2.25. The summed E-state index contributed by atoms with van der Waals surface area (Å²) in [6.07, 6.45) is 12.7. The molecule has 0 aliphatic heterocycles. The Morgan fingerprint density at radius 2 is 1.79 bits per heavy atom. The smallest absolute Gasteiger partial charge is 0.190 e. The maximum atomic E-state index is 5.34. The lowest BCUT2D eigenvalue weighted by Gasteiger charge is -2.23. The third-order valence-electron chi connectivity index (χ3n) is 5.44. The second kappa shape index (κ2) is 9.20. The number of methoxy groups -OCH3 is 1. The van der Waals surface area contributed by atoms with Crippen LogP contribution in [0.5, 0.6) is 5.75 Å². The highest BCUT2D eigenvalue weighted by atomic mass is 32.1. The van der Waals surface area contributed by atoms with Crippen LogP contribution < -0.4 is 9.54 Å². The van der Waals surface area contributed by atoms with Crippen molar-refractivity contribution in [3.05, 3.63) is 59.0 Å². The molecule has 0 spiro atoms. The molecule has 3 aromatic rings. The molecule has 0 saturated heterocycles. The lowest BCUT2D eigenvalue weighted by molar-refractivity contribution is 0.369. The van der Waals surface area contributed by atoms with E-state index in [1.807, 2.05) is 30.5 Å². The Bertz CT molecular complexity index is 936. The second-order valence-corrected chi connectivity index (χ2v) is 8.16. The third kappa shape index (κ3) is 4.36. The quantitative estimate of drug-likeness (QED) is 0.534. The van der Waals surface area contributed by atoms with E-state index >= 15 is 0 Å². The summed E-state index contributed by atoms with van der Waals surface area (Å²) in [7, 11) is 1.71. The Labute approximate surface area is 170 Å². The van der Waals surface area contributed by atoms with Gasteiger partial charge in [0.2, 0.25) is 0 Å². The minimum absolute atomic E-state index is 0.499. The summed E-state index contributed by atoms with van der Waals surface area (Å²) in [5.41, 5.74) is 3.37. The standard InChI is InChI=1S/C23H27N3OS/c1-27-21-13-11-18(12-14-21)22-17-28-23(25-19-8-7-15-24-16-19)26(22)20-9-5-3-2-4-6-10-20/h7-8,11-17,20H,2-6,9-10H2,1H3. The first kappa shape index (κ1) is 18.9. The molecule has 1 aliphatic rings. The summed E-state index contributed by atoms with van der Waals surface area (Å²) in [6.45, 7) is 0. The topological polar surface area (TPSA) is 39.4 Å². The van der Waals surface area contributed by atoms with Gasteiger partial charge in [0.1, 0.15) is 5.75 Å². The molecule has 5 heteroatoms. The highest BCUT2D eigenvalue weighted by Crippen LogP contribution is 2.32. The van der Waals surface area contributed by atoms with Crippen LogP contribution in [0.4, 0.5) is 5.69 Å². The van der Waals surface area contributed by atoms with Gasteiger partial charge >= 0.3 is 0 Å². The van der Waals surface area contributed by atoms with E-state index < -0.39 is 0 Å². The Morgan fingerprint density at radius 3 is 2.46 bits per heavy atom. The minimum atomic E-state index is 0.499. The van der Waals surface area contributed by atoms with Crippen molar-refractivity contribution in [2.45, 2.75) is 51.0 Å². The van der Waals surface area contributed by atoms with E-state index in [-0.39, 0.29) is 0 Å². The molecule has 1 aliphatic carbocycles. The molecule has 0 bridgehead atoms. The zero-order chi connectivity index (χ0) is 19.2. The van der Waals surface area contributed by atoms with E-state index in [2.05, 4.69) is 27.1 Å². The number of hydrogen-bond acceptors (Lipinski definition) is 4. The van der Waals surface area contributed by atoms with Crippen molar-refractivity contribution < 1.29 is 4.74 Å². The van der Waals surface area contributed by atoms with Gasteiger partial charge in [0.25, 0.3) is 0 Å². The van der Waals surface area contributed by atoms with Crippen molar-refractivity contribution in [2.75, 3.05) is 7.11 Å². The predicted molar refractivity (Wildman–Crippen MR) is 115 cm³/mol. The highest BCUT2D eigenvalue weighted by Gasteiger charge is 2.19. The molecule has 4 rings (SSSR count). The number of ether oxygens (including phenoxy) is 1. The molecule has 0 amide bonds. The van der Waals surface area contributed by atoms with Gasteiger partial charge in [0, 0.05) is 17.6 Å². The molecule has 146 valence electrons. The monoisotopic (exact) mass is 393 g/mol. The molecule has 0 unspecified atom stereocenters. The molecule has 0 radical (unpaired) electrons. The fourth-order valence-electron chi connectivity index (χ4n) is 3.95. The van der Waals surface area contributed by atoms with Crippen LogP contribution in [-0.2, 0) is 0 Å². The molecule has 4 nitrogen and oxygen atoms in total. The summed E-state index contributed by atoms with van der Waals surface area (Å²) in [5.74, 6) is 0.886. The molecule has 2 heterocycles. The molecule has 0 atom stereocenters. The first-order valence-corrected chi connectivity index (χ1v) is 11.0. The Balaban J connectivity index is 1.80. The van der Waals surface area contributed by atoms with Crippen molar-refractivity contribution in [1.82, 2.24) is 9.55 Å². The average molecular weight is 394 g/mol. The molecular weight excluding hydrogens is 366 g/mol. The minimum Gasteiger partial charge on any atom is -0.497 e. The van der Waals surface area contributed by atoms with Crippen molar-refractivity contribution in [3.63, 3.8) is 0 Å². The van der Waals surface area contributed by atoms with E-state index in [0.717, 1.165) is 16.2 Å². The number of benzene rings is 1. The fraction of sp³-hybridized carbons (Fsp3) is 0.391. The largest absolute Gasteiger partial charge is 0.497 e. The van der Waals surface area contributed by atoms with Crippen molar-refractivity contribution in [3.8, 4) is 17.0 Å². The summed E-state index contributed by atoms with van der Waals surface area (Å²) < 4.78 is 7.81. The van der Waals surface area contributed by atoms with Gasteiger partial charge in [-0.3, -0.25) is 4.98 Å². The van der Waals surface area contributed by atoms with Crippen molar-refractivity contribution in [2.24, 2.45) is 4.99 Å². The van der Waals surface area contributed by atoms with E-state index in [0.29, 0.717) is 6.04 Å². The Hall–Kier alpha value is -2.40. The molecule has 1 saturated carbocycles. The van der Waals surface area contributed by atoms with Crippen LogP contribution in [0.2, 0.25) is 0 Å². The highest BCUT2D eigenvalue weighted by molar-refractivity contribution is 7.07. The van der Waals surface area contributed by atoms with Crippen LogP contribution in [0.1, 0.15) is 51.0 Å². The maximum absolute atomic E-state index is 5.34. The molecule has 2 aromatic heterocycles. The number of pyridine rings is 1. The van der Waals surface area contributed by atoms with Gasteiger partial charge in [-0.2, -0.15) is 0 Å². The molecule has 1 aromatic carbocycles. The van der Waals surface area contributed by atoms with E-state index in [1.165, 1.54) is 56.2 Å². The molecule has 0 N–H and O–H groups in total. The third-order valence-corrected chi connectivity index (χ3v) is 6.28. The number of aromatic nitrogens is 2. The molecular formula is C23H27N3OS. The van der Waals surface area contributed by atoms with Crippen LogP contribution >= 0.6 is 11.3 Å². The van der Waals surface area contributed by atoms with E-state index in [9.17, 15) is 0 Å². The van der Waals surface area contributed by atoms with Crippen LogP contribution in [-0.4, -0.2) is 16.7 Å². The van der Waals surface area contributed by atoms with Crippen LogP contribution in [0.25, 0.3) is 11.3 Å². The predicted octanol–water partition coefficient (Wildman–Crippen LogP) is 6.14. The van der Waals surface area contributed by atoms with Crippen LogP contribution in [0, 0.1) is 0 Å². The number of nitrogens with zero attached hydrogens (tertiary/aromatic N) is 3. The van der Waals surface area contributed by atoms with Gasteiger partial charge in [-0.25, -0.2) is 4.99 Å².